The zero-order valence-electron chi connectivity index (χ0n) is 90.5. The van der Waals surface area contributed by atoms with Crippen LogP contribution in [0.3, 0.4) is 0 Å². The molecular formula is C102H187NO46. The van der Waals surface area contributed by atoms with Crippen LogP contribution in [0, 0.1) is 47.3 Å². The molecule has 2 fully saturated rings. The van der Waals surface area contributed by atoms with Crippen LogP contribution in [0.25, 0.3) is 0 Å². The minimum atomic E-state index is -1.15. The van der Waals surface area contributed by atoms with E-state index in [0.717, 1.165) is 0 Å². The summed E-state index contributed by atoms with van der Waals surface area (Å²) in [6.45, 7) is 36.5. The standard InChI is InChI=1S/C102H187NO46/c1-9-89-87-91(95(93(89)97(104)112-8)99(106)147-85-82-144-79-76-141-73-70-138-67-64-135-61-58-132-55-52-129-49-46-126-43-40-123-37-34-120-31-28-117-25-22-114-19-16-110-6)12-13-92-88-90(11-10-14-103-101(108)149-102(2,3)4)94(98(105)146-84-81-143-78-75-140-72-69-137-66-63-134-60-57-131-54-51-128-48-45-125-42-39-122-36-33-119-30-27-116-24-21-113-18-15-109-5)96(92)100(107)148-86-83-145-80-77-142-74-71-139-68-65-136-62-59-133-56-53-130-50-47-127-44-41-124-38-35-121-32-29-118-26-23-115-20-17-111-7/h9-13,89-96H,1,14-88H2,2-8H3,(H,103,108)/b11-10+,13-12+. The van der Waals surface area contributed by atoms with E-state index < -0.39 is 82.9 Å². The summed E-state index contributed by atoms with van der Waals surface area (Å²) in [5, 5.41) is 2.71. The number of allylic oxidation sites excluding steroid dienone is 4. The van der Waals surface area contributed by atoms with E-state index in [2.05, 4.69) is 11.9 Å². The van der Waals surface area contributed by atoms with E-state index in [-0.39, 0.29) is 98.7 Å². The maximum atomic E-state index is 14.8. The van der Waals surface area contributed by atoms with E-state index in [1.165, 1.54) is 7.11 Å². The molecule has 0 aromatic rings. The van der Waals surface area contributed by atoms with Crippen LogP contribution in [0.4, 0.5) is 4.79 Å². The van der Waals surface area contributed by atoms with Crippen molar-refractivity contribution < 1.29 is 218 Å². The van der Waals surface area contributed by atoms with Gasteiger partial charge in [0.2, 0.25) is 0 Å². The van der Waals surface area contributed by atoms with Gasteiger partial charge in [0.15, 0.2) is 0 Å². The average Bonchev–Trinajstić information content (AvgIpc) is 1.63. The summed E-state index contributed by atoms with van der Waals surface area (Å²) in [4.78, 5) is 70.3. The maximum absolute atomic E-state index is 14.8. The fourth-order valence-corrected chi connectivity index (χ4v) is 13.7. The lowest BCUT2D eigenvalue weighted by Crippen LogP contribution is -2.35. The molecule has 0 saturated heterocycles. The first-order valence-corrected chi connectivity index (χ1v) is 52.4. The van der Waals surface area contributed by atoms with Crippen LogP contribution in [0.5, 0.6) is 0 Å². The van der Waals surface area contributed by atoms with Crippen molar-refractivity contribution in [1.82, 2.24) is 5.32 Å². The van der Waals surface area contributed by atoms with Gasteiger partial charge in [0.05, 0.1) is 487 Å². The number of methoxy groups -OCH3 is 4. The van der Waals surface area contributed by atoms with Gasteiger partial charge in [0, 0.05) is 27.9 Å². The SMILES string of the molecule is C=CC1CC(/C=C/C2CC(/C=C/CNC(=O)OC(C)(C)C)C(C(=O)OCCOCCOCCOCCOCCOCCOCCOCCOCCOCCOCCOCCOC)C2C(=O)OCCOCCOCCOCCOCCOCCOCCOCCOCCOCCOCCOCCOC)C(C(=O)OCCOCCOCCOCCOCCOCCOCCOCCOCCOCCOCCOCCOC)C1C(=O)OC. The van der Waals surface area contributed by atoms with Crippen molar-refractivity contribution >= 4 is 30.0 Å². The lowest BCUT2D eigenvalue weighted by Gasteiger charge is -2.23. The number of rotatable bonds is 118. The maximum Gasteiger partial charge on any atom is 0.407 e. The van der Waals surface area contributed by atoms with Gasteiger partial charge in [-0.05, 0) is 57.3 Å². The van der Waals surface area contributed by atoms with Gasteiger partial charge in [-0.25, -0.2) is 4.79 Å². The van der Waals surface area contributed by atoms with Crippen molar-refractivity contribution in [2.24, 2.45) is 47.3 Å². The number of alkyl carbamates (subject to hydrolysis) is 1. The third kappa shape index (κ3) is 89.7. The first-order valence-electron chi connectivity index (χ1n) is 52.4. The summed E-state index contributed by atoms with van der Waals surface area (Å²) in [5.74, 6) is -9.50. The number of amides is 1. The van der Waals surface area contributed by atoms with Gasteiger partial charge in [-0.3, -0.25) is 19.2 Å². The normalized spacial score (nSPS) is 16.9. The second-order valence-corrected chi connectivity index (χ2v) is 33.4. The van der Waals surface area contributed by atoms with Crippen LogP contribution >= 0.6 is 0 Å². The first kappa shape index (κ1) is 140. The molecule has 8 unspecified atom stereocenters. The molecule has 2 saturated carbocycles. The van der Waals surface area contributed by atoms with E-state index in [1.54, 1.807) is 72.5 Å². The molecule has 2 rings (SSSR count). The highest BCUT2D eigenvalue weighted by Gasteiger charge is 2.53. The molecule has 8 atom stereocenters. The van der Waals surface area contributed by atoms with Crippen LogP contribution in [0.15, 0.2) is 37.0 Å². The molecule has 1 amide bonds. The molecule has 0 aromatic heterocycles. The largest absolute Gasteiger partial charge is 0.469 e. The van der Waals surface area contributed by atoms with Crippen molar-refractivity contribution in [3.8, 4) is 0 Å². The van der Waals surface area contributed by atoms with E-state index in [1.807, 2.05) is 0 Å². The Labute approximate surface area is 884 Å². The predicted molar refractivity (Wildman–Crippen MR) is 537 cm³/mol. The molecule has 0 heterocycles. The summed E-state index contributed by atoms with van der Waals surface area (Å²) in [5.41, 5.74) is -0.773. The van der Waals surface area contributed by atoms with Crippen LogP contribution in [-0.2, 0) is 213 Å². The molecule has 0 radical (unpaired) electrons. The summed E-state index contributed by atoms with van der Waals surface area (Å²) in [7, 11) is 6.14. The third-order valence-electron chi connectivity index (χ3n) is 20.9. The van der Waals surface area contributed by atoms with Gasteiger partial charge in [-0.15, -0.1) is 6.58 Å². The Hall–Kier alpha value is -5.07. The average molecular weight is 2160 g/mol. The van der Waals surface area contributed by atoms with Gasteiger partial charge in [0.25, 0.3) is 0 Å². The molecule has 0 bridgehead atoms. The highest BCUT2D eigenvalue weighted by atomic mass is 16.7. The van der Waals surface area contributed by atoms with E-state index in [4.69, 9.17) is 194 Å². The topological polar surface area (TPSA) is 476 Å². The molecule has 0 aliphatic heterocycles. The lowest BCUT2D eigenvalue weighted by atomic mass is 9.84. The van der Waals surface area contributed by atoms with Gasteiger partial charge < -0.3 is 200 Å². The molecule has 47 heteroatoms. The third-order valence-corrected chi connectivity index (χ3v) is 20.9. The van der Waals surface area contributed by atoms with Gasteiger partial charge >= 0.3 is 30.0 Å². The van der Waals surface area contributed by atoms with Crippen LogP contribution < -0.4 is 5.32 Å². The lowest BCUT2D eigenvalue weighted by molar-refractivity contribution is -0.162. The monoisotopic (exact) mass is 2160 g/mol. The minimum Gasteiger partial charge on any atom is -0.469 e. The number of carbonyl (C=O) groups excluding carboxylic acids is 5. The number of carbonyl (C=O) groups is 5. The molecule has 876 valence electrons. The number of ether oxygens (including phenoxy) is 41. The zero-order valence-corrected chi connectivity index (χ0v) is 90.5. The van der Waals surface area contributed by atoms with Crippen LogP contribution in [-0.4, -0.2) is 546 Å². The smallest absolute Gasteiger partial charge is 0.407 e. The van der Waals surface area contributed by atoms with Gasteiger partial charge in [0.1, 0.15) is 25.4 Å². The van der Waals surface area contributed by atoms with E-state index in [9.17, 15) is 24.0 Å². The number of esters is 4. The highest BCUT2D eigenvalue weighted by Crippen LogP contribution is 2.48. The van der Waals surface area contributed by atoms with Crippen molar-refractivity contribution in [2.75, 3.05) is 511 Å². The van der Waals surface area contributed by atoms with Crippen LogP contribution in [0.1, 0.15) is 33.6 Å². The molecule has 149 heavy (non-hydrogen) atoms. The molecular weight excluding hydrogens is 1980 g/mol. The Bertz CT molecular complexity index is 2980. The fourth-order valence-electron chi connectivity index (χ4n) is 13.7. The molecule has 2 aliphatic rings. The van der Waals surface area contributed by atoms with Crippen molar-refractivity contribution in [3.63, 3.8) is 0 Å². The van der Waals surface area contributed by atoms with Gasteiger partial charge in [-0.1, -0.05) is 30.4 Å². The minimum absolute atomic E-state index is 0.00118. The second-order valence-electron chi connectivity index (χ2n) is 33.4. The highest BCUT2D eigenvalue weighted by molar-refractivity contribution is 5.85. The number of hydrogen-bond acceptors (Lipinski definition) is 46. The Kier molecular flexibility index (Phi) is 103. The molecule has 1 N–H and O–H groups in total. The first-order chi connectivity index (χ1) is 73.3. The number of nitrogens with one attached hydrogen (secondary N) is 1. The zero-order chi connectivity index (χ0) is 107. The summed E-state index contributed by atoms with van der Waals surface area (Å²) < 4.78 is 227. The summed E-state index contributed by atoms with van der Waals surface area (Å²) >= 11 is 0. The summed E-state index contributed by atoms with van der Waals surface area (Å²) in [6, 6.07) is 0. The van der Waals surface area contributed by atoms with E-state index >= 15 is 0 Å². The summed E-state index contributed by atoms with van der Waals surface area (Å²) in [6.07, 6.45) is 8.47. The quantitative estimate of drug-likeness (QED) is 0.0391. The molecule has 0 aromatic carbocycles. The fraction of sp³-hybridized carbons (Fsp3) is 0.892. The molecule has 0 spiro atoms. The Morgan fingerprint density at radius 2 is 0.362 bits per heavy atom. The van der Waals surface area contributed by atoms with Crippen LogP contribution in [0.2, 0.25) is 0 Å². The van der Waals surface area contributed by atoms with Gasteiger partial charge in [-0.2, -0.15) is 0 Å². The predicted octanol–water partition coefficient (Wildman–Crippen LogP) is 3.84. The van der Waals surface area contributed by atoms with Crippen molar-refractivity contribution in [3.05, 3.63) is 37.0 Å². The molecule has 2 aliphatic carbocycles. The Morgan fingerprint density at radius 3 is 0.517 bits per heavy atom. The molecule has 47 nitrogen and oxygen atoms in total. The Balaban J connectivity index is 1.88. The number of hydrogen-bond donors (Lipinski definition) is 1. The van der Waals surface area contributed by atoms with Crippen molar-refractivity contribution in [1.29, 1.82) is 0 Å². The second kappa shape index (κ2) is 110. The van der Waals surface area contributed by atoms with Crippen molar-refractivity contribution in [2.45, 2.75) is 39.2 Å². The van der Waals surface area contributed by atoms with E-state index in [0.29, 0.717) is 396 Å². The Morgan fingerprint density at radius 1 is 0.215 bits per heavy atom.